The molecule has 6 rings (SSSR count). The van der Waals surface area contributed by atoms with Gasteiger partial charge in [-0.05, 0) is 35.4 Å². The van der Waals surface area contributed by atoms with Gasteiger partial charge in [-0.15, -0.1) is 11.3 Å². The van der Waals surface area contributed by atoms with Crippen molar-refractivity contribution in [1.29, 1.82) is 0 Å². The molecule has 4 aromatic carbocycles. The van der Waals surface area contributed by atoms with E-state index in [4.69, 9.17) is 9.72 Å². The van der Waals surface area contributed by atoms with Gasteiger partial charge < -0.3 is 4.74 Å². The zero-order chi connectivity index (χ0) is 23.6. The van der Waals surface area contributed by atoms with Crippen LogP contribution in [0.15, 0.2) is 109 Å². The molecule has 0 saturated carbocycles. The second kappa shape index (κ2) is 9.12. The molecule has 0 aliphatic rings. The predicted molar refractivity (Wildman–Crippen MR) is 141 cm³/mol. The van der Waals surface area contributed by atoms with Gasteiger partial charge >= 0.3 is 5.97 Å². The van der Waals surface area contributed by atoms with Crippen molar-refractivity contribution in [2.45, 2.75) is 6.61 Å². The molecule has 0 atom stereocenters. The monoisotopic (exact) mass is 472 g/mol. The zero-order valence-corrected chi connectivity index (χ0v) is 19.5. The summed E-state index contributed by atoms with van der Waals surface area (Å²) < 4.78 is 6.78. The summed E-state index contributed by atoms with van der Waals surface area (Å²) in [5, 5.41) is 1.54. The summed E-state index contributed by atoms with van der Waals surface area (Å²) in [5.74, 6) is -0.384. The summed E-state index contributed by atoms with van der Waals surface area (Å²) in [6.07, 6.45) is 0. The van der Waals surface area contributed by atoms with Gasteiger partial charge in [0.25, 0.3) is 0 Å². The summed E-state index contributed by atoms with van der Waals surface area (Å²) >= 11 is 1.54. The van der Waals surface area contributed by atoms with Crippen LogP contribution < -0.4 is 0 Å². The number of para-hydroxylation sites is 2. The first kappa shape index (κ1) is 21.2. The third kappa shape index (κ3) is 4.29. The van der Waals surface area contributed by atoms with E-state index in [1.54, 1.807) is 0 Å². The van der Waals surface area contributed by atoms with Crippen molar-refractivity contribution >= 4 is 38.4 Å². The van der Waals surface area contributed by atoms with Crippen LogP contribution in [-0.4, -0.2) is 15.9 Å². The first-order chi connectivity index (χ1) is 17.2. The average molecular weight is 473 g/mol. The van der Waals surface area contributed by atoms with Gasteiger partial charge in [-0.2, -0.15) is 0 Å². The maximum Gasteiger partial charge on any atom is 0.339 e. The number of esters is 1. The summed E-state index contributed by atoms with van der Waals surface area (Å²) in [7, 11) is 0. The Bertz CT molecular complexity index is 1620. The lowest BCUT2D eigenvalue weighted by atomic mass is 10.0. The lowest BCUT2D eigenvalue weighted by molar-refractivity contribution is 0.0475. The number of carbonyl (C=O) groups is 1. The maximum absolute atomic E-state index is 13.2. The molecule has 6 aromatic rings. The van der Waals surface area contributed by atoms with E-state index in [-0.39, 0.29) is 12.6 Å². The van der Waals surface area contributed by atoms with Crippen molar-refractivity contribution in [3.05, 3.63) is 120 Å². The topological polar surface area (TPSA) is 52.1 Å². The second-order valence-electron chi connectivity index (χ2n) is 8.17. The minimum atomic E-state index is -0.384. The molecule has 2 heterocycles. The molecule has 0 fully saturated rings. The molecule has 0 aliphatic heterocycles. The molecule has 4 nitrogen and oxygen atoms in total. The van der Waals surface area contributed by atoms with E-state index in [2.05, 4.69) is 29.2 Å². The van der Waals surface area contributed by atoms with E-state index in [0.717, 1.165) is 48.5 Å². The van der Waals surface area contributed by atoms with Crippen LogP contribution in [0.2, 0.25) is 0 Å². The Hall–Kier alpha value is -4.35. The quantitative estimate of drug-likeness (QED) is 0.243. The molecule has 0 unspecified atom stereocenters. The van der Waals surface area contributed by atoms with Crippen LogP contribution in [0, 0.1) is 0 Å². The fraction of sp³-hybridized carbons (Fsp3) is 0.0333. The molecular weight excluding hydrogens is 452 g/mol. The highest BCUT2D eigenvalue weighted by Gasteiger charge is 2.16. The van der Waals surface area contributed by atoms with Crippen molar-refractivity contribution in [3.63, 3.8) is 0 Å². The lowest BCUT2D eigenvalue weighted by Gasteiger charge is -2.10. The first-order valence-corrected chi connectivity index (χ1v) is 12.1. The Morgan fingerprint density at radius 3 is 2.14 bits per heavy atom. The number of ether oxygens (including phenoxy) is 1. The fourth-order valence-corrected chi connectivity index (χ4v) is 5.02. The van der Waals surface area contributed by atoms with Crippen LogP contribution in [-0.2, 0) is 11.3 Å². The van der Waals surface area contributed by atoms with Gasteiger partial charge in [-0.25, -0.2) is 14.8 Å². The van der Waals surface area contributed by atoms with Crippen molar-refractivity contribution in [2.24, 2.45) is 0 Å². The number of aromatic nitrogens is 2. The third-order valence-corrected chi connectivity index (χ3v) is 6.90. The smallest absolute Gasteiger partial charge is 0.339 e. The fourth-order valence-electron chi connectivity index (χ4n) is 4.14. The molecular formula is C30H20N2O2S. The van der Waals surface area contributed by atoms with Crippen molar-refractivity contribution in [1.82, 2.24) is 9.97 Å². The van der Waals surface area contributed by atoms with Crippen LogP contribution in [0.25, 0.3) is 43.5 Å². The van der Waals surface area contributed by atoms with Crippen LogP contribution in [0.1, 0.15) is 15.4 Å². The number of nitrogens with zero attached hydrogens (tertiary/aromatic N) is 2. The number of fused-ring (bicyclic) bond motifs is 2. The van der Waals surface area contributed by atoms with Crippen LogP contribution in [0.4, 0.5) is 0 Å². The minimum absolute atomic E-state index is 0.135. The molecule has 0 amide bonds. The zero-order valence-electron chi connectivity index (χ0n) is 18.7. The van der Waals surface area contributed by atoms with Crippen molar-refractivity contribution in [2.75, 3.05) is 0 Å². The lowest BCUT2D eigenvalue weighted by Crippen LogP contribution is -2.07. The largest absolute Gasteiger partial charge is 0.455 e. The maximum atomic E-state index is 13.2. The number of thiazole rings is 1. The van der Waals surface area contributed by atoms with Crippen molar-refractivity contribution in [3.8, 4) is 22.4 Å². The van der Waals surface area contributed by atoms with Crippen LogP contribution >= 0.6 is 11.3 Å². The number of pyridine rings is 1. The highest BCUT2D eigenvalue weighted by Crippen LogP contribution is 2.28. The van der Waals surface area contributed by atoms with E-state index >= 15 is 0 Å². The average Bonchev–Trinajstić information content (AvgIpc) is 3.35. The standard InChI is InChI=1S/C30H20N2O2S/c33-30(34-19-29-32-26-12-6-7-13-28(26)35-29)24-18-27(31-25-11-5-4-10-23(24)25)22-16-14-21(15-17-22)20-8-2-1-3-9-20/h1-18H,19H2. The highest BCUT2D eigenvalue weighted by atomic mass is 32.1. The second-order valence-corrected chi connectivity index (χ2v) is 9.28. The molecule has 0 N–H and O–H groups in total. The Balaban J connectivity index is 1.31. The van der Waals surface area contributed by atoms with Gasteiger partial charge in [0.15, 0.2) is 0 Å². The van der Waals surface area contributed by atoms with Gasteiger partial charge in [-0.3, -0.25) is 0 Å². The number of hydrogen-bond donors (Lipinski definition) is 0. The van der Waals surface area contributed by atoms with Crippen molar-refractivity contribution < 1.29 is 9.53 Å². The van der Waals surface area contributed by atoms with Gasteiger partial charge in [0.05, 0.1) is 27.0 Å². The predicted octanol–water partition coefficient (Wildman–Crippen LogP) is 7.54. The summed E-state index contributed by atoms with van der Waals surface area (Å²) in [6, 6.07) is 35.8. The number of carbonyl (C=O) groups excluding carboxylic acids is 1. The van der Waals surface area contributed by atoms with Gasteiger partial charge in [-0.1, -0.05) is 84.9 Å². The first-order valence-electron chi connectivity index (χ1n) is 11.3. The van der Waals surface area contributed by atoms with E-state index in [9.17, 15) is 4.79 Å². The molecule has 0 bridgehead atoms. The minimum Gasteiger partial charge on any atom is -0.455 e. The molecule has 0 saturated heterocycles. The highest BCUT2D eigenvalue weighted by molar-refractivity contribution is 7.18. The van der Waals surface area contributed by atoms with E-state index < -0.39 is 0 Å². The molecule has 0 aliphatic carbocycles. The number of hydrogen-bond acceptors (Lipinski definition) is 5. The SMILES string of the molecule is O=C(OCc1nc2ccccc2s1)c1cc(-c2ccc(-c3ccccc3)cc2)nc2ccccc12. The molecule has 2 aromatic heterocycles. The number of benzene rings is 4. The van der Waals surface area contributed by atoms with Gasteiger partial charge in [0, 0.05) is 10.9 Å². The Labute approximate surface area is 206 Å². The van der Waals surface area contributed by atoms with E-state index in [1.165, 1.54) is 11.3 Å². The Morgan fingerprint density at radius 2 is 1.34 bits per heavy atom. The molecule has 0 spiro atoms. The van der Waals surface area contributed by atoms with E-state index in [1.807, 2.05) is 84.9 Å². The molecule has 0 radical (unpaired) electrons. The molecule has 35 heavy (non-hydrogen) atoms. The summed E-state index contributed by atoms with van der Waals surface area (Å²) in [6.45, 7) is 0.135. The summed E-state index contributed by atoms with van der Waals surface area (Å²) in [4.78, 5) is 22.6. The third-order valence-electron chi connectivity index (χ3n) is 5.89. The van der Waals surface area contributed by atoms with Gasteiger partial charge in [0.1, 0.15) is 11.6 Å². The normalized spacial score (nSPS) is 11.1. The van der Waals surface area contributed by atoms with Gasteiger partial charge in [0.2, 0.25) is 0 Å². The summed E-state index contributed by atoms with van der Waals surface area (Å²) in [5.41, 5.74) is 6.13. The Morgan fingerprint density at radius 1 is 0.686 bits per heavy atom. The number of rotatable bonds is 5. The molecule has 5 heteroatoms. The van der Waals surface area contributed by atoms with E-state index in [0.29, 0.717) is 5.56 Å². The Kier molecular flexibility index (Phi) is 5.53. The van der Waals surface area contributed by atoms with Crippen LogP contribution in [0.5, 0.6) is 0 Å². The molecule has 168 valence electrons. The van der Waals surface area contributed by atoms with Crippen LogP contribution in [0.3, 0.4) is 0 Å².